The van der Waals surface area contributed by atoms with Crippen molar-refractivity contribution in [2.24, 2.45) is 0 Å². The van der Waals surface area contributed by atoms with Crippen molar-refractivity contribution in [3.8, 4) is 5.75 Å². The molecule has 0 bridgehead atoms. The van der Waals surface area contributed by atoms with E-state index in [-0.39, 0.29) is 16.9 Å². The first-order chi connectivity index (χ1) is 5.65. The summed E-state index contributed by atoms with van der Waals surface area (Å²) in [5.41, 5.74) is 0.208. The molecule has 0 aromatic heterocycles. The van der Waals surface area contributed by atoms with Crippen molar-refractivity contribution < 1.29 is 15.2 Å². The van der Waals surface area contributed by atoms with Gasteiger partial charge in [-0.15, -0.1) is 0 Å². The lowest BCUT2D eigenvalue weighted by molar-refractivity contribution is 0.425. The lowest BCUT2D eigenvalue weighted by atomic mass is 9.80. The van der Waals surface area contributed by atoms with Gasteiger partial charge in [0.2, 0.25) is 5.69 Å². The van der Waals surface area contributed by atoms with Gasteiger partial charge in [0.1, 0.15) is 5.75 Å². The molecule has 60 valence electrons. The number of hydrogen-bond acceptors (Lipinski definition) is 3. The predicted molar refractivity (Wildman–Crippen MR) is 44.2 cm³/mol. The maximum atomic E-state index is 9.04. The second-order valence-corrected chi connectivity index (χ2v) is 2.23. The molecule has 4 nitrogen and oxygen atoms in total. The first kappa shape index (κ1) is 8.59. The average Bonchev–Trinajstić information content (AvgIpc) is 2.05. The molecule has 0 aliphatic heterocycles. The van der Waals surface area contributed by atoms with Gasteiger partial charge >= 0.3 is 7.12 Å². The van der Waals surface area contributed by atoms with Gasteiger partial charge in [0.15, 0.2) is 0 Å². The van der Waals surface area contributed by atoms with Crippen LogP contribution in [0.15, 0.2) is 18.2 Å². The molecule has 5 heteroatoms. The zero-order valence-electron chi connectivity index (χ0n) is 6.10. The van der Waals surface area contributed by atoms with Gasteiger partial charge in [-0.2, -0.15) is 0 Å². The van der Waals surface area contributed by atoms with Crippen LogP contribution in [0.4, 0.5) is 5.69 Å². The molecule has 0 atom stereocenters. The van der Waals surface area contributed by atoms with Crippen molar-refractivity contribution in [3.05, 3.63) is 29.6 Å². The molecule has 1 rings (SSSR count). The summed E-state index contributed by atoms with van der Waals surface area (Å²) < 4.78 is 0. The zero-order valence-corrected chi connectivity index (χ0v) is 6.10. The lowest BCUT2D eigenvalue weighted by Gasteiger charge is -2.00. The van der Waals surface area contributed by atoms with Crippen molar-refractivity contribution in [3.63, 3.8) is 0 Å². The Labute approximate surface area is 69.7 Å². The fourth-order valence-electron chi connectivity index (χ4n) is 0.791. The normalized spacial score (nSPS) is 9.08. The third-order valence-corrected chi connectivity index (χ3v) is 1.42. The van der Waals surface area contributed by atoms with Crippen LogP contribution in [-0.4, -0.2) is 22.3 Å². The van der Waals surface area contributed by atoms with E-state index in [4.69, 9.17) is 21.7 Å². The number of phenolic OH excluding ortho intramolecular Hbond substituents is 1. The molecule has 0 unspecified atom stereocenters. The van der Waals surface area contributed by atoms with Gasteiger partial charge in [0.25, 0.3) is 0 Å². The number of nitrogens with zero attached hydrogens (tertiary/aromatic N) is 1. The Morgan fingerprint density at radius 2 is 2.00 bits per heavy atom. The lowest BCUT2D eigenvalue weighted by Crippen LogP contribution is -2.29. The largest absolute Gasteiger partial charge is 0.519 e. The van der Waals surface area contributed by atoms with Crippen molar-refractivity contribution >= 4 is 18.3 Å². The molecular weight excluding hydrogens is 157 g/mol. The Kier molecular flexibility index (Phi) is 2.33. The Hall–Kier alpha value is -1.51. The molecule has 1 aromatic rings. The molecule has 0 amide bonds. The van der Waals surface area contributed by atoms with Gasteiger partial charge < -0.3 is 15.2 Å². The van der Waals surface area contributed by atoms with Crippen LogP contribution in [0.25, 0.3) is 4.85 Å². The third-order valence-electron chi connectivity index (χ3n) is 1.42. The standard InChI is InChI=1S/C7H6BNO3/c1-9-6-4-5(8(11)12)2-3-7(6)10/h2-4,10-12H. The first-order valence-corrected chi connectivity index (χ1v) is 3.21. The van der Waals surface area contributed by atoms with Crippen LogP contribution in [-0.2, 0) is 0 Å². The van der Waals surface area contributed by atoms with E-state index >= 15 is 0 Å². The van der Waals surface area contributed by atoms with Crippen LogP contribution in [0.1, 0.15) is 0 Å². The fraction of sp³-hybridized carbons (Fsp3) is 0. The van der Waals surface area contributed by atoms with Gasteiger partial charge in [-0.05, 0) is 11.5 Å². The molecule has 0 heterocycles. The van der Waals surface area contributed by atoms with Gasteiger partial charge in [-0.1, -0.05) is 12.1 Å². The van der Waals surface area contributed by atoms with Crippen molar-refractivity contribution in [2.75, 3.05) is 0 Å². The van der Waals surface area contributed by atoms with Crippen LogP contribution in [0.5, 0.6) is 5.75 Å². The van der Waals surface area contributed by atoms with Crippen LogP contribution in [0, 0.1) is 6.57 Å². The smallest absolute Gasteiger partial charge is 0.487 e. The van der Waals surface area contributed by atoms with Crippen LogP contribution in [0.3, 0.4) is 0 Å². The molecule has 0 saturated carbocycles. The number of aromatic hydroxyl groups is 1. The molecule has 0 fully saturated rings. The quantitative estimate of drug-likeness (QED) is 0.390. The average molecular weight is 163 g/mol. The highest BCUT2D eigenvalue weighted by atomic mass is 16.4. The van der Waals surface area contributed by atoms with Gasteiger partial charge in [-0.3, -0.25) is 0 Å². The van der Waals surface area contributed by atoms with Crippen LogP contribution >= 0.6 is 0 Å². The minimum absolute atomic E-state index is 0.0144. The van der Waals surface area contributed by atoms with Gasteiger partial charge in [0, 0.05) is 0 Å². The molecular formula is C7H6BNO3. The molecule has 1 aromatic carbocycles. The molecule has 0 spiro atoms. The van der Waals surface area contributed by atoms with E-state index in [1.165, 1.54) is 18.2 Å². The second-order valence-electron chi connectivity index (χ2n) is 2.23. The van der Waals surface area contributed by atoms with Gasteiger partial charge in [-0.25, -0.2) is 4.85 Å². The molecule has 0 aliphatic carbocycles. The monoisotopic (exact) mass is 163 g/mol. The Morgan fingerprint density at radius 3 is 2.50 bits per heavy atom. The maximum absolute atomic E-state index is 9.04. The maximum Gasteiger partial charge on any atom is 0.487 e. The minimum Gasteiger partial charge on any atom is -0.519 e. The number of rotatable bonds is 1. The fourth-order valence-corrected chi connectivity index (χ4v) is 0.791. The summed E-state index contributed by atoms with van der Waals surface area (Å²) >= 11 is 0. The Morgan fingerprint density at radius 1 is 1.33 bits per heavy atom. The van der Waals surface area contributed by atoms with Crippen LogP contribution in [0.2, 0.25) is 0 Å². The highest BCUT2D eigenvalue weighted by Crippen LogP contribution is 2.23. The number of hydrogen-bond donors (Lipinski definition) is 3. The van der Waals surface area contributed by atoms with Gasteiger partial charge in [0.05, 0.1) is 6.57 Å². The van der Waals surface area contributed by atoms with E-state index < -0.39 is 7.12 Å². The highest BCUT2D eigenvalue weighted by molar-refractivity contribution is 6.58. The summed E-state index contributed by atoms with van der Waals surface area (Å²) in [5.74, 6) is -0.158. The van der Waals surface area contributed by atoms with Crippen molar-refractivity contribution in [1.29, 1.82) is 0 Å². The Balaban J connectivity index is 3.16. The summed E-state index contributed by atoms with van der Waals surface area (Å²) in [7, 11) is -1.61. The second kappa shape index (κ2) is 3.26. The van der Waals surface area contributed by atoms with Crippen LogP contribution < -0.4 is 5.46 Å². The summed E-state index contributed by atoms with van der Waals surface area (Å²) in [5, 5.41) is 26.5. The van der Waals surface area contributed by atoms with E-state index in [2.05, 4.69) is 4.85 Å². The molecule has 0 radical (unpaired) electrons. The zero-order chi connectivity index (χ0) is 9.14. The SMILES string of the molecule is [C-]#[N+]c1cc(B(O)O)ccc1O. The molecule has 0 aliphatic rings. The summed E-state index contributed by atoms with van der Waals surface area (Å²) in [4.78, 5) is 2.99. The predicted octanol–water partition coefficient (Wildman–Crippen LogP) is -0.377. The number of phenols is 1. The summed E-state index contributed by atoms with van der Waals surface area (Å²) in [6.07, 6.45) is 0. The minimum atomic E-state index is -1.61. The van der Waals surface area contributed by atoms with E-state index in [9.17, 15) is 0 Å². The summed E-state index contributed by atoms with van der Waals surface area (Å²) in [6, 6.07) is 3.82. The van der Waals surface area contributed by atoms with E-state index in [0.717, 1.165) is 0 Å². The highest BCUT2D eigenvalue weighted by Gasteiger charge is 2.12. The van der Waals surface area contributed by atoms with Crippen molar-refractivity contribution in [2.45, 2.75) is 0 Å². The van der Waals surface area contributed by atoms with Crippen molar-refractivity contribution in [1.82, 2.24) is 0 Å². The number of benzene rings is 1. The topological polar surface area (TPSA) is 65.0 Å². The third kappa shape index (κ3) is 1.56. The Bertz CT molecular complexity index is 332. The molecule has 12 heavy (non-hydrogen) atoms. The van der Waals surface area contributed by atoms with E-state index in [0.29, 0.717) is 0 Å². The van der Waals surface area contributed by atoms with E-state index in [1.807, 2.05) is 0 Å². The first-order valence-electron chi connectivity index (χ1n) is 3.21. The summed E-state index contributed by atoms with van der Waals surface area (Å²) in [6.45, 7) is 6.62. The molecule has 0 saturated heterocycles. The van der Waals surface area contributed by atoms with E-state index in [1.54, 1.807) is 0 Å². The molecule has 3 N–H and O–H groups in total.